The molecule has 10 heavy (non-hydrogen) atoms. The van der Waals surface area contributed by atoms with Crippen LogP contribution < -0.4 is 0 Å². The zero-order valence-corrected chi connectivity index (χ0v) is 6.36. The van der Waals surface area contributed by atoms with Crippen molar-refractivity contribution in [1.82, 2.24) is 0 Å². The fraction of sp³-hybridized carbons (Fsp3) is 1.00. The van der Waals surface area contributed by atoms with Crippen LogP contribution in [0.2, 0.25) is 0 Å². The third-order valence-electron chi connectivity index (χ3n) is 0.682. The van der Waals surface area contributed by atoms with Gasteiger partial charge in [-0.3, -0.25) is 0 Å². The molecule has 0 aromatic rings. The summed E-state index contributed by atoms with van der Waals surface area (Å²) in [7, 11) is 0. The lowest BCUT2D eigenvalue weighted by atomic mass is 10.3. The predicted octanol–water partition coefficient (Wildman–Crippen LogP) is -0.933. The van der Waals surface area contributed by atoms with E-state index < -0.39 is 12.4 Å². The van der Waals surface area contributed by atoms with E-state index in [2.05, 4.69) is 0 Å². The smallest absolute Gasteiger partial charge is 0.148 e. The van der Waals surface area contributed by atoms with Gasteiger partial charge in [0.2, 0.25) is 0 Å². The molecule has 0 aliphatic rings. The molecule has 64 valence electrons. The molecule has 0 bridgehead atoms. The van der Waals surface area contributed by atoms with Crippen LogP contribution in [0.3, 0.4) is 0 Å². The van der Waals surface area contributed by atoms with Crippen LogP contribution in [0.25, 0.3) is 0 Å². The molecule has 0 spiro atoms. The first-order valence-corrected chi connectivity index (χ1v) is 3.19. The van der Waals surface area contributed by atoms with Crippen LogP contribution in [-0.2, 0) is 0 Å². The average Bonchev–Trinajstić information content (AvgIpc) is 1.85. The molecule has 4 nitrogen and oxygen atoms in total. The fourth-order valence-corrected chi connectivity index (χ4v) is 0.129. The van der Waals surface area contributed by atoms with Gasteiger partial charge in [0.05, 0.1) is 12.7 Å². The highest BCUT2D eigenvalue weighted by molar-refractivity contribution is 4.43. The Kier molecular flexibility index (Phi) is 11.1. The van der Waals surface area contributed by atoms with E-state index in [0.29, 0.717) is 6.42 Å². The standard InChI is InChI=1S/C4H10O2.C2H6O2/c1-2-4(6)3-5;1-2(3)4/h4-6H,2-3H2,1H3;2-4H,1H3. The molecule has 0 radical (unpaired) electrons. The van der Waals surface area contributed by atoms with Crippen LogP contribution in [0.4, 0.5) is 0 Å². The Morgan fingerprint density at radius 1 is 1.20 bits per heavy atom. The maximum atomic E-state index is 8.42. The Bertz CT molecular complexity index is 49.0. The van der Waals surface area contributed by atoms with Crippen LogP contribution in [0.15, 0.2) is 0 Å². The van der Waals surface area contributed by atoms with E-state index in [1.165, 1.54) is 6.92 Å². The molecule has 0 fully saturated rings. The number of aliphatic hydroxyl groups excluding tert-OH is 3. The Balaban J connectivity index is 0. The molecule has 0 saturated heterocycles. The van der Waals surface area contributed by atoms with Gasteiger partial charge in [-0.15, -0.1) is 0 Å². The van der Waals surface area contributed by atoms with E-state index in [4.69, 9.17) is 20.4 Å². The van der Waals surface area contributed by atoms with E-state index in [1.807, 2.05) is 6.92 Å². The third-order valence-corrected chi connectivity index (χ3v) is 0.682. The Morgan fingerprint density at radius 2 is 1.50 bits per heavy atom. The molecule has 1 unspecified atom stereocenters. The summed E-state index contributed by atoms with van der Waals surface area (Å²) in [5.74, 6) is 0. The topological polar surface area (TPSA) is 80.9 Å². The third kappa shape index (κ3) is 24.9. The molecule has 0 rings (SSSR count). The molecule has 0 aliphatic heterocycles. The lowest BCUT2D eigenvalue weighted by Gasteiger charge is -1.97. The van der Waals surface area contributed by atoms with Crippen molar-refractivity contribution < 1.29 is 20.4 Å². The quantitative estimate of drug-likeness (QED) is 0.385. The molecule has 0 heterocycles. The van der Waals surface area contributed by atoms with E-state index in [9.17, 15) is 0 Å². The summed E-state index contributed by atoms with van der Waals surface area (Å²) in [6.07, 6.45) is -1.04. The lowest BCUT2D eigenvalue weighted by Crippen LogP contribution is -2.08. The highest BCUT2D eigenvalue weighted by Gasteiger charge is 1.92. The molecule has 0 aromatic heterocycles. The average molecular weight is 152 g/mol. The Labute approximate surface area is 60.7 Å². The first-order chi connectivity index (χ1) is 4.54. The minimum Gasteiger partial charge on any atom is -0.394 e. The second kappa shape index (κ2) is 8.84. The van der Waals surface area contributed by atoms with Crippen molar-refractivity contribution >= 4 is 0 Å². The van der Waals surface area contributed by atoms with E-state index in [-0.39, 0.29) is 6.61 Å². The molecular weight excluding hydrogens is 136 g/mol. The van der Waals surface area contributed by atoms with Crippen molar-refractivity contribution in [2.24, 2.45) is 0 Å². The van der Waals surface area contributed by atoms with Crippen molar-refractivity contribution in [3.8, 4) is 0 Å². The van der Waals surface area contributed by atoms with Gasteiger partial charge in [-0.1, -0.05) is 6.92 Å². The van der Waals surface area contributed by atoms with Crippen molar-refractivity contribution in [2.75, 3.05) is 6.61 Å². The normalized spacial score (nSPS) is 12.3. The summed E-state index contributed by atoms with van der Waals surface area (Å²) < 4.78 is 0. The zero-order chi connectivity index (χ0) is 8.57. The van der Waals surface area contributed by atoms with E-state index in [0.717, 1.165) is 0 Å². The Hall–Kier alpha value is -0.160. The van der Waals surface area contributed by atoms with Gasteiger partial charge < -0.3 is 20.4 Å². The van der Waals surface area contributed by atoms with Crippen LogP contribution in [-0.4, -0.2) is 39.4 Å². The Morgan fingerprint density at radius 3 is 1.50 bits per heavy atom. The van der Waals surface area contributed by atoms with Crippen LogP contribution in [0.1, 0.15) is 20.3 Å². The van der Waals surface area contributed by atoms with Gasteiger partial charge >= 0.3 is 0 Å². The SMILES string of the molecule is CC(O)O.CCC(O)CO. The maximum absolute atomic E-state index is 8.42. The van der Waals surface area contributed by atoms with Gasteiger partial charge in [0, 0.05) is 0 Å². The van der Waals surface area contributed by atoms with Gasteiger partial charge in [-0.05, 0) is 13.3 Å². The molecule has 0 saturated carbocycles. The summed E-state index contributed by atoms with van der Waals surface area (Å²) >= 11 is 0. The van der Waals surface area contributed by atoms with Crippen LogP contribution in [0, 0.1) is 0 Å². The lowest BCUT2D eigenvalue weighted by molar-refractivity contribution is -0.0228. The molecule has 4 N–H and O–H groups in total. The molecular formula is C6H16O4. The van der Waals surface area contributed by atoms with Crippen molar-refractivity contribution in [2.45, 2.75) is 32.7 Å². The summed E-state index contributed by atoms with van der Waals surface area (Å²) in [6.45, 7) is 2.98. The number of rotatable bonds is 2. The van der Waals surface area contributed by atoms with Gasteiger partial charge in [0.15, 0.2) is 0 Å². The van der Waals surface area contributed by atoms with Crippen molar-refractivity contribution in [3.05, 3.63) is 0 Å². The zero-order valence-electron chi connectivity index (χ0n) is 6.36. The summed E-state index contributed by atoms with van der Waals surface area (Å²) in [5, 5.41) is 31.7. The van der Waals surface area contributed by atoms with Gasteiger partial charge in [-0.25, -0.2) is 0 Å². The van der Waals surface area contributed by atoms with Gasteiger partial charge in [0.1, 0.15) is 6.29 Å². The summed E-state index contributed by atoms with van der Waals surface area (Å²) in [6, 6.07) is 0. The monoisotopic (exact) mass is 152 g/mol. The van der Waals surface area contributed by atoms with Gasteiger partial charge in [-0.2, -0.15) is 0 Å². The molecule has 0 aromatic carbocycles. The highest BCUT2D eigenvalue weighted by atomic mass is 16.5. The van der Waals surface area contributed by atoms with Crippen LogP contribution in [0.5, 0.6) is 0 Å². The maximum Gasteiger partial charge on any atom is 0.148 e. The predicted molar refractivity (Wildman–Crippen MR) is 37.3 cm³/mol. The highest BCUT2D eigenvalue weighted by Crippen LogP contribution is 1.83. The number of hydrogen-bond donors (Lipinski definition) is 4. The molecule has 4 heteroatoms. The van der Waals surface area contributed by atoms with Crippen LogP contribution >= 0.6 is 0 Å². The first kappa shape index (κ1) is 12.5. The van der Waals surface area contributed by atoms with Crippen molar-refractivity contribution in [1.29, 1.82) is 0 Å². The minimum absolute atomic E-state index is 0.115. The summed E-state index contributed by atoms with van der Waals surface area (Å²) in [4.78, 5) is 0. The molecule has 0 aliphatic carbocycles. The second-order valence-corrected chi connectivity index (χ2v) is 1.88. The minimum atomic E-state index is -1.17. The van der Waals surface area contributed by atoms with Gasteiger partial charge in [0.25, 0.3) is 0 Å². The first-order valence-electron chi connectivity index (χ1n) is 3.19. The van der Waals surface area contributed by atoms with E-state index >= 15 is 0 Å². The second-order valence-electron chi connectivity index (χ2n) is 1.88. The number of aliphatic hydroxyl groups is 4. The number of hydrogen-bond acceptors (Lipinski definition) is 4. The molecule has 1 atom stereocenters. The van der Waals surface area contributed by atoms with E-state index in [1.54, 1.807) is 0 Å². The summed E-state index contributed by atoms with van der Waals surface area (Å²) in [5.41, 5.74) is 0. The van der Waals surface area contributed by atoms with Crippen molar-refractivity contribution in [3.63, 3.8) is 0 Å². The molecule has 0 amide bonds. The fourth-order valence-electron chi connectivity index (χ4n) is 0.129. The largest absolute Gasteiger partial charge is 0.394 e.